The average molecular weight is 375 g/mol. The monoisotopic (exact) mass is 375 g/mol. The maximum absolute atomic E-state index is 12.9. The van der Waals surface area contributed by atoms with Gasteiger partial charge in [0.05, 0.1) is 11.0 Å². The van der Waals surface area contributed by atoms with Gasteiger partial charge in [-0.2, -0.15) is 0 Å². The van der Waals surface area contributed by atoms with Crippen molar-refractivity contribution in [2.45, 2.75) is 25.8 Å². The van der Waals surface area contributed by atoms with E-state index in [4.69, 9.17) is 0 Å². The number of aryl methyl sites for hydroxylation is 1. The molecule has 4 aromatic rings. The van der Waals surface area contributed by atoms with Gasteiger partial charge in [0.1, 0.15) is 11.3 Å². The number of hydrogen-bond donors (Lipinski definition) is 1. The fourth-order valence-corrected chi connectivity index (χ4v) is 4.13. The number of carbonyl (C=O) groups is 1. The molecule has 28 heavy (non-hydrogen) atoms. The van der Waals surface area contributed by atoms with Gasteiger partial charge in [0, 0.05) is 31.5 Å². The van der Waals surface area contributed by atoms with E-state index in [1.54, 1.807) is 6.20 Å². The Morgan fingerprint density at radius 1 is 1.11 bits per heavy atom. The van der Waals surface area contributed by atoms with E-state index in [1.165, 1.54) is 0 Å². The van der Waals surface area contributed by atoms with Crippen LogP contribution >= 0.6 is 0 Å². The highest BCUT2D eigenvalue weighted by atomic mass is 16.2. The largest absolute Gasteiger partial charge is 0.337 e. The number of aromatic amines is 1. The van der Waals surface area contributed by atoms with Gasteiger partial charge in [-0.05, 0) is 43.5 Å². The van der Waals surface area contributed by atoms with Gasteiger partial charge in [0.2, 0.25) is 0 Å². The number of nitrogens with one attached hydrogen (secondary N) is 1. The first-order valence-corrected chi connectivity index (χ1v) is 9.54. The molecular formula is C21H21N5O2. The van der Waals surface area contributed by atoms with Crippen molar-refractivity contribution in [3.8, 4) is 0 Å². The highest BCUT2D eigenvalue weighted by Gasteiger charge is 2.27. The van der Waals surface area contributed by atoms with Crippen molar-refractivity contribution in [1.82, 2.24) is 23.8 Å². The van der Waals surface area contributed by atoms with Crippen molar-refractivity contribution >= 4 is 22.6 Å². The van der Waals surface area contributed by atoms with Gasteiger partial charge in [0.25, 0.3) is 5.91 Å². The number of nitrogens with zero attached hydrogens (tertiary/aromatic N) is 4. The summed E-state index contributed by atoms with van der Waals surface area (Å²) in [6.07, 6.45) is 5.26. The molecule has 1 amide bonds. The van der Waals surface area contributed by atoms with E-state index in [-0.39, 0.29) is 17.6 Å². The van der Waals surface area contributed by atoms with Crippen LogP contribution in [0.3, 0.4) is 0 Å². The summed E-state index contributed by atoms with van der Waals surface area (Å²) in [5.74, 6) is -0.0499. The Kier molecular flexibility index (Phi) is 3.82. The molecule has 7 nitrogen and oxygen atoms in total. The molecule has 1 aliphatic rings. The van der Waals surface area contributed by atoms with Gasteiger partial charge >= 0.3 is 5.69 Å². The third kappa shape index (κ3) is 2.70. The highest BCUT2D eigenvalue weighted by Crippen LogP contribution is 2.25. The summed E-state index contributed by atoms with van der Waals surface area (Å²) in [4.78, 5) is 34.5. The average Bonchev–Trinajstić information content (AvgIpc) is 3.27. The number of carbonyl (C=O) groups excluding carboxylic acids is 1. The number of imidazole rings is 2. The number of pyridine rings is 1. The number of para-hydroxylation sites is 2. The minimum atomic E-state index is -0.0818. The quantitative estimate of drug-likeness (QED) is 0.585. The molecule has 0 bridgehead atoms. The van der Waals surface area contributed by atoms with Crippen molar-refractivity contribution in [2.24, 2.45) is 0 Å². The van der Waals surface area contributed by atoms with Crippen molar-refractivity contribution in [3.05, 3.63) is 70.5 Å². The minimum absolute atomic E-state index is 0.0499. The number of fused-ring (bicyclic) bond motifs is 2. The molecule has 3 aromatic heterocycles. The Morgan fingerprint density at radius 3 is 2.71 bits per heavy atom. The van der Waals surface area contributed by atoms with Crippen LogP contribution < -0.4 is 5.69 Å². The Labute approximate surface area is 161 Å². The van der Waals surface area contributed by atoms with Crippen LogP contribution in [0.25, 0.3) is 16.7 Å². The lowest BCUT2D eigenvalue weighted by molar-refractivity contribution is 0.0689. The SMILES string of the molecule is Cc1ccc2nc(C(=O)N3CCC(n4c(=O)[nH]c5ccccc54)CC3)cn2c1. The molecule has 4 heterocycles. The van der Waals surface area contributed by atoms with Gasteiger partial charge in [-0.25, -0.2) is 9.78 Å². The van der Waals surface area contributed by atoms with E-state index >= 15 is 0 Å². The maximum atomic E-state index is 12.9. The molecule has 5 rings (SSSR count). The van der Waals surface area contributed by atoms with Gasteiger partial charge in [-0.15, -0.1) is 0 Å². The second-order valence-corrected chi connectivity index (χ2v) is 7.44. The van der Waals surface area contributed by atoms with Crippen LogP contribution in [0.2, 0.25) is 0 Å². The zero-order valence-electron chi connectivity index (χ0n) is 15.6. The molecular weight excluding hydrogens is 354 g/mol. The molecule has 1 fully saturated rings. The minimum Gasteiger partial charge on any atom is -0.337 e. The zero-order chi connectivity index (χ0) is 19.3. The molecule has 1 aromatic carbocycles. The Hall–Kier alpha value is -3.35. The normalized spacial score (nSPS) is 15.5. The van der Waals surface area contributed by atoms with Crippen LogP contribution in [0.4, 0.5) is 0 Å². The van der Waals surface area contributed by atoms with Crippen LogP contribution in [0.5, 0.6) is 0 Å². The molecule has 0 atom stereocenters. The molecule has 1 aliphatic heterocycles. The predicted molar refractivity (Wildman–Crippen MR) is 107 cm³/mol. The fraction of sp³-hybridized carbons (Fsp3) is 0.286. The van der Waals surface area contributed by atoms with Crippen molar-refractivity contribution in [2.75, 3.05) is 13.1 Å². The zero-order valence-corrected chi connectivity index (χ0v) is 15.6. The molecule has 7 heteroatoms. The summed E-state index contributed by atoms with van der Waals surface area (Å²) in [5, 5.41) is 0. The lowest BCUT2D eigenvalue weighted by atomic mass is 10.0. The first-order valence-electron chi connectivity index (χ1n) is 9.54. The summed E-state index contributed by atoms with van der Waals surface area (Å²) < 4.78 is 3.73. The van der Waals surface area contributed by atoms with E-state index in [0.717, 1.165) is 35.1 Å². The van der Waals surface area contributed by atoms with Crippen LogP contribution in [0.1, 0.15) is 34.9 Å². The summed E-state index contributed by atoms with van der Waals surface area (Å²) in [5.41, 5.74) is 4.05. The number of aromatic nitrogens is 4. The molecule has 0 spiro atoms. The first-order chi connectivity index (χ1) is 13.6. The Bertz CT molecular complexity index is 1240. The fourth-order valence-electron chi connectivity index (χ4n) is 4.13. The number of likely N-dealkylation sites (tertiary alicyclic amines) is 1. The number of hydrogen-bond acceptors (Lipinski definition) is 3. The van der Waals surface area contributed by atoms with Crippen LogP contribution in [0, 0.1) is 6.92 Å². The standard InChI is InChI=1S/C21H21N5O2/c1-14-6-7-19-22-17(13-25(19)12-14)20(27)24-10-8-15(9-11-24)26-18-5-3-2-4-16(18)23-21(26)28/h2-7,12-13,15H,8-11H2,1H3,(H,23,28). The number of rotatable bonds is 2. The summed E-state index contributed by atoms with van der Waals surface area (Å²) in [6, 6.07) is 11.7. The Morgan fingerprint density at radius 2 is 1.89 bits per heavy atom. The maximum Gasteiger partial charge on any atom is 0.326 e. The van der Waals surface area contributed by atoms with Crippen molar-refractivity contribution < 1.29 is 4.79 Å². The number of amides is 1. The summed E-state index contributed by atoms with van der Waals surface area (Å²) >= 11 is 0. The van der Waals surface area contributed by atoms with E-state index in [1.807, 2.05) is 63.4 Å². The highest BCUT2D eigenvalue weighted by molar-refractivity contribution is 5.93. The first kappa shape index (κ1) is 16.8. The summed E-state index contributed by atoms with van der Waals surface area (Å²) in [7, 11) is 0. The van der Waals surface area contributed by atoms with Crippen molar-refractivity contribution in [1.29, 1.82) is 0 Å². The number of piperidine rings is 1. The summed E-state index contributed by atoms with van der Waals surface area (Å²) in [6.45, 7) is 3.24. The molecule has 0 saturated carbocycles. The molecule has 0 radical (unpaired) electrons. The lowest BCUT2D eigenvalue weighted by Gasteiger charge is -2.32. The van der Waals surface area contributed by atoms with E-state index < -0.39 is 0 Å². The predicted octanol–water partition coefficient (Wildman–Crippen LogP) is 2.76. The second kappa shape index (κ2) is 6.37. The van der Waals surface area contributed by atoms with Gasteiger partial charge in [-0.1, -0.05) is 18.2 Å². The molecule has 1 saturated heterocycles. The van der Waals surface area contributed by atoms with Gasteiger partial charge < -0.3 is 14.3 Å². The topological polar surface area (TPSA) is 75.4 Å². The molecule has 142 valence electrons. The van der Waals surface area contributed by atoms with Crippen molar-refractivity contribution in [3.63, 3.8) is 0 Å². The molecule has 0 unspecified atom stereocenters. The molecule has 0 aliphatic carbocycles. The van der Waals surface area contributed by atoms with Crippen LogP contribution in [0.15, 0.2) is 53.6 Å². The van der Waals surface area contributed by atoms with Crippen LogP contribution in [-0.4, -0.2) is 42.8 Å². The Balaban J connectivity index is 1.35. The molecule has 1 N–H and O–H groups in total. The third-order valence-corrected chi connectivity index (χ3v) is 5.56. The number of H-pyrrole nitrogens is 1. The van der Waals surface area contributed by atoms with E-state index in [0.29, 0.717) is 18.8 Å². The number of benzene rings is 1. The van der Waals surface area contributed by atoms with E-state index in [9.17, 15) is 9.59 Å². The van der Waals surface area contributed by atoms with Gasteiger partial charge in [-0.3, -0.25) is 9.36 Å². The van der Waals surface area contributed by atoms with Crippen LogP contribution in [-0.2, 0) is 0 Å². The van der Waals surface area contributed by atoms with Gasteiger partial charge in [0.15, 0.2) is 0 Å². The second-order valence-electron chi connectivity index (χ2n) is 7.44. The third-order valence-electron chi connectivity index (χ3n) is 5.56. The lowest BCUT2D eigenvalue weighted by Crippen LogP contribution is -2.40. The van der Waals surface area contributed by atoms with E-state index in [2.05, 4.69) is 9.97 Å². The smallest absolute Gasteiger partial charge is 0.326 e.